The number of carbonyl (C=O) groups is 2. The van der Waals surface area contributed by atoms with Crippen molar-refractivity contribution in [3.63, 3.8) is 0 Å². The molecule has 0 N–H and O–H groups in total. The van der Waals surface area contributed by atoms with Gasteiger partial charge in [0.05, 0.1) is 5.41 Å². The highest BCUT2D eigenvalue weighted by molar-refractivity contribution is 5.82. The van der Waals surface area contributed by atoms with Gasteiger partial charge < -0.3 is 4.74 Å². The lowest BCUT2D eigenvalue weighted by Crippen LogP contribution is -2.37. The third kappa shape index (κ3) is 2.78. The lowest BCUT2D eigenvalue weighted by Gasteiger charge is -2.34. The monoisotopic (exact) mass is 246 g/mol. The Morgan fingerprint density at radius 3 is 2.44 bits per heavy atom. The molecule has 0 heterocycles. The van der Waals surface area contributed by atoms with Crippen molar-refractivity contribution in [3.8, 4) is 0 Å². The second-order valence-corrected chi connectivity index (χ2v) is 5.00. The molecule has 1 saturated carbocycles. The second kappa shape index (κ2) is 5.80. The highest BCUT2D eigenvalue weighted by atomic mass is 16.6. The van der Waals surface area contributed by atoms with E-state index < -0.39 is 5.41 Å². The highest BCUT2D eigenvalue weighted by Crippen LogP contribution is 2.40. The normalized spacial score (nSPS) is 18.0. The van der Waals surface area contributed by atoms with Crippen LogP contribution in [0.15, 0.2) is 30.3 Å². The molecule has 0 spiro atoms. The maximum Gasteiger partial charge on any atom is 0.319 e. The van der Waals surface area contributed by atoms with Crippen LogP contribution in [0.25, 0.3) is 0 Å². The molecular weight excluding hydrogens is 228 g/mol. The zero-order chi connectivity index (χ0) is 12.8. The van der Waals surface area contributed by atoms with E-state index in [0.717, 1.165) is 37.7 Å². The third-order valence-electron chi connectivity index (χ3n) is 3.78. The van der Waals surface area contributed by atoms with Gasteiger partial charge in [-0.2, -0.15) is 0 Å². The SMILES string of the molecule is O=COC(=O)C1(Cc2ccccc2)CCCCC1. The molecule has 1 aromatic rings. The molecule has 0 radical (unpaired) electrons. The summed E-state index contributed by atoms with van der Waals surface area (Å²) in [6.07, 6.45) is 5.51. The highest BCUT2D eigenvalue weighted by Gasteiger charge is 2.41. The van der Waals surface area contributed by atoms with Crippen LogP contribution in [-0.4, -0.2) is 12.4 Å². The topological polar surface area (TPSA) is 43.4 Å². The number of benzene rings is 1. The molecule has 1 aromatic carbocycles. The van der Waals surface area contributed by atoms with Crippen molar-refractivity contribution < 1.29 is 14.3 Å². The first-order valence-electron chi connectivity index (χ1n) is 6.45. The molecule has 18 heavy (non-hydrogen) atoms. The Morgan fingerprint density at radius 2 is 1.83 bits per heavy atom. The quantitative estimate of drug-likeness (QED) is 0.466. The number of carbonyl (C=O) groups excluding carboxylic acids is 2. The molecule has 1 aliphatic rings. The molecule has 0 aromatic heterocycles. The van der Waals surface area contributed by atoms with Crippen molar-refractivity contribution in [1.82, 2.24) is 0 Å². The van der Waals surface area contributed by atoms with Gasteiger partial charge in [0.2, 0.25) is 0 Å². The number of hydrogen-bond donors (Lipinski definition) is 0. The lowest BCUT2D eigenvalue weighted by atomic mass is 9.70. The maximum absolute atomic E-state index is 12.1. The van der Waals surface area contributed by atoms with Crippen molar-refractivity contribution in [2.24, 2.45) is 5.41 Å². The Bertz CT molecular complexity index is 405. The first-order chi connectivity index (χ1) is 8.77. The van der Waals surface area contributed by atoms with Crippen molar-refractivity contribution in [2.45, 2.75) is 38.5 Å². The van der Waals surface area contributed by atoms with Gasteiger partial charge in [-0.3, -0.25) is 9.59 Å². The predicted molar refractivity (Wildman–Crippen MR) is 67.8 cm³/mol. The van der Waals surface area contributed by atoms with Crippen LogP contribution in [0, 0.1) is 5.41 Å². The van der Waals surface area contributed by atoms with Gasteiger partial charge >= 0.3 is 12.4 Å². The Kier molecular flexibility index (Phi) is 4.13. The summed E-state index contributed by atoms with van der Waals surface area (Å²) in [7, 11) is 0. The Labute approximate surface area is 107 Å². The average molecular weight is 246 g/mol. The van der Waals surface area contributed by atoms with Gasteiger partial charge in [-0.25, -0.2) is 0 Å². The summed E-state index contributed by atoms with van der Waals surface area (Å²) in [4.78, 5) is 22.5. The number of rotatable bonds is 4. The van der Waals surface area contributed by atoms with E-state index in [4.69, 9.17) is 0 Å². The van der Waals surface area contributed by atoms with E-state index in [9.17, 15) is 9.59 Å². The Hall–Kier alpha value is -1.64. The number of ether oxygens (including phenoxy) is 1. The predicted octanol–water partition coefficient (Wildman–Crippen LogP) is 2.88. The maximum atomic E-state index is 12.1. The van der Waals surface area contributed by atoms with Crippen LogP contribution in [0.1, 0.15) is 37.7 Å². The van der Waals surface area contributed by atoms with E-state index in [1.807, 2.05) is 30.3 Å². The van der Waals surface area contributed by atoms with Crippen molar-refractivity contribution in [3.05, 3.63) is 35.9 Å². The summed E-state index contributed by atoms with van der Waals surface area (Å²) in [5.41, 5.74) is 0.628. The summed E-state index contributed by atoms with van der Waals surface area (Å²) in [6.45, 7) is 0.254. The fraction of sp³-hybridized carbons (Fsp3) is 0.467. The minimum atomic E-state index is -0.499. The Morgan fingerprint density at radius 1 is 1.17 bits per heavy atom. The Balaban J connectivity index is 2.19. The molecular formula is C15H18O3. The molecule has 2 rings (SSSR count). The third-order valence-corrected chi connectivity index (χ3v) is 3.78. The summed E-state index contributed by atoms with van der Waals surface area (Å²) < 4.78 is 4.64. The molecule has 0 amide bonds. The van der Waals surface area contributed by atoms with Gasteiger partial charge in [0, 0.05) is 0 Å². The van der Waals surface area contributed by atoms with Crippen LogP contribution >= 0.6 is 0 Å². The van der Waals surface area contributed by atoms with Crippen LogP contribution in [0.4, 0.5) is 0 Å². The van der Waals surface area contributed by atoms with Crippen LogP contribution in [0.3, 0.4) is 0 Å². The smallest absolute Gasteiger partial charge is 0.319 e. The zero-order valence-corrected chi connectivity index (χ0v) is 10.4. The lowest BCUT2D eigenvalue weighted by molar-refractivity contribution is -0.162. The first kappa shape index (κ1) is 12.8. The van der Waals surface area contributed by atoms with Gasteiger partial charge in [0.1, 0.15) is 0 Å². The van der Waals surface area contributed by atoms with Gasteiger partial charge in [-0.05, 0) is 24.8 Å². The van der Waals surface area contributed by atoms with Crippen LogP contribution in [-0.2, 0) is 20.7 Å². The zero-order valence-electron chi connectivity index (χ0n) is 10.4. The fourth-order valence-corrected chi connectivity index (χ4v) is 2.84. The van der Waals surface area contributed by atoms with Crippen molar-refractivity contribution in [2.75, 3.05) is 0 Å². The molecule has 3 heteroatoms. The summed E-state index contributed by atoms with van der Waals surface area (Å²) in [5.74, 6) is -0.360. The minimum absolute atomic E-state index is 0.254. The molecule has 0 unspecified atom stereocenters. The molecule has 96 valence electrons. The summed E-state index contributed by atoms with van der Waals surface area (Å²) in [5, 5.41) is 0. The van der Waals surface area contributed by atoms with Crippen LogP contribution < -0.4 is 0 Å². The molecule has 0 atom stereocenters. The second-order valence-electron chi connectivity index (χ2n) is 5.00. The van der Waals surface area contributed by atoms with Gasteiger partial charge in [0.15, 0.2) is 0 Å². The number of esters is 1. The standard InChI is InChI=1S/C15H18O3/c16-12-18-14(17)15(9-5-2-6-10-15)11-13-7-3-1-4-8-13/h1,3-4,7-8,12H,2,5-6,9-11H2. The molecule has 0 bridgehead atoms. The molecule has 1 aliphatic carbocycles. The average Bonchev–Trinajstić information content (AvgIpc) is 2.41. The minimum Gasteiger partial charge on any atom is -0.395 e. The van der Waals surface area contributed by atoms with Gasteiger partial charge in [-0.1, -0.05) is 49.6 Å². The largest absolute Gasteiger partial charge is 0.395 e. The first-order valence-corrected chi connectivity index (χ1v) is 6.45. The van der Waals surface area contributed by atoms with E-state index in [0.29, 0.717) is 6.42 Å². The van der Waals surface area contributed by atoms with Crippen molar-refractivity contribution in [1.29, 1.82) is 0 Å². The molecule has 0 aliphatic heterocycles. The van der Waals surface area contributed by atoms with E-state index in [2.05, 4.69) is 4.74 Å². The van der Waals surface area contributed by atoms with E-state index >= 15 is 0 Å². The van der Waals surface area contributed by atoms with Crippen LogP contribution in [0.5, 0.6) is 0 Å². The summed E-state index contributed by atoms with van der Waals surface area (Å²) in [6, 6.07) is 9.93. The van der Waals surface area contributed by atoms with E-state index in [1.165, 1.54) is 0 Å². The molecule has 0 saturated heterocycles. The van der Waals surface area contributed by atoms with E-state index in [1.54, 1.807) is 0 Å². The van der Waals surface area contributed by atoms with E-state index in [-0.39, 0.29) is 12.4 Å². The summed E-state index contributed by atoms with van der Waals surface area (Å²) >= 11 is 0. The van der Waals surface area contributed by atoms with Crippen molar-refractivity contribution >= 4 is 12.4 Å². The van der Waals surface area contributed by atoms with Gasteiger partial charge in [0.25, 0.3) is 0 Å². The van der Waals surface area contributed by atoms with Gasteiger partial charge in [-0.15, -0.1) is 0 Å². The van der Waals surface area contributed by atoms with Crippen LogP contribution in [0.2, 0.25) is 0 Å². The fourth-order valence-electron chi connectivity index (χ4n) is 2.84. The molecule has 3 nitrogen and oxygen atoms in total. The molecule has 1 fully saturated rings. The number of hydrogen-bond acceptors (Lipinski definition) is 3.